The molecule has 0 saturated carbocycles. The SMILES string of the molecule is CCOc1c(Br)cc(Br)cc1/C=N\NC(=O)c1ccc(OC)cc1. The van der Waals surface area contributed by atoms with Gasteiger partial charge >= 0.3 is 0 Å². The van der Waals surface area contributed by atoms with Gasteiger partial charge < -0.3 is 9.47 Å². The van der Waals surface area contributed by atoms with E-state index in [1.165, 1.54) is 0 Å². The summed E-state index contributed by atoms with van der Waals surface area (Å²) >= 11 is 6.88. The van der Waals surface area contributed by atoms with Crippen LogP contribution in [0.15, 0.2) is 50.4 Å². The molecule has 0 fully saturated rings. The second kappa shape index (κ2) is 8.84. The zero-order chi connectivity index (χ0) is 17.5. The number of nitrogens with one attached hydrogen (secondary N) is 1. The number of hydrogen-bond acceptors (Lipinski definition) is 4. The van der Waals surface area contributed by atoms with E-state index in [1.54, 1.807) is 37.6 Å². The molecule has 0 aromatic heterocycles. The van der Waals surface area contributed by atoms with E-state index in [-0.39, 0.29) is 5.91 Å². The predicted molar refractivity (Wildman–Crippen MR) is 101 cm³/mol. The maximum absolute atomic E-state index is 12.1. The highest BCUT2D eigenvalue weighted by Crippen LogP contribution is 2.32. The lowest BCUT2D eigenvalue weighted by molar-refractivity contribution is 0.0955. The molecule has 5 nitrogen and oxygen atoms in total. The van der Waals surface area contributed by atoms with Crippen LogP contribution in [0.4, 0.5) is 0 Å². The van der Waals surface area contributed by atoms with Crippen LogP contribution in [0.25, 0.3) is 0 Å². The number of halogens is 2. The fourth-order valence-corrected chi connectivity index (χ4v) is 3.31. The van der Waals surface area contributed by atoms with Crippen LogP contribution in [0.1, 0.15) is 22.8 Å². The Labute approximate surface area is 157 Å². The molecule has 0 atom stereocenters. The summed E-state index contributed by atoms with van der Waals surface area (Å²) in [5.41, 5.74) is 3.73. The Morgan fingerprint density at radius 2 is 1.96 bits per heavy atom. The van der Waals surface area contributed by atoms with Crippen molar-refractivity contribution in [2.45, 2.75) is 6.92 Å². The van der Waals surface area contributed by atoms with Gasteiger partial charge in [-0.15, -0.1) is 0 Å². The van der Waals surface area contributed by atoms with Crippen molar-refractivity contribution in [2.24, 2.45) is 5.10 Å². The number of carbonyl (C=O) groups excluding carboxylic acids is 1. The minimum absolute atomic E-state index is 0.305. The van der Waals surface area contributed by atoms with Crippen LogP contribution in [0.2, 0.25) is 0 Å². The number of carbonyl (C=O) groups is 1. The van der Waals surface area contributed by atoms with E-state index in [0.29, 0.717) is 23.7 Å². The van der Waals surface area contributed by atoms with Gasteiger partial charge in [0.25, 0.3) is 5.91 Å². The van der Waals surface area contributed by atoms with E-state index in [4.69, 9.17) is 9.47 Å². The van der Waals surface area contributed by atoms with Crippen LogP contribution in [0.3, 0.4) is 0 Å². The number of hydrazone groups is 1. The van der Waals surface area contributed by atoms with Gasteiger partial charge in [0, 0.05) is 15.6 Å². The predicted octanol–water partition coefficient (Wildman–Crippen LogP) is 4.38. The van der Waals surface area contributed by atoms with Crippen LogP contribution in [0.5, 0.6) is 11.5 Å². The zero-order valence-corrected chi connectivity index (χ0v) is 16.3. The van der Waals surface area contributed by atoms with E-state index in [1.807, 2.05) is 19.1 Å². The molecule has 0 aliphatic rings. The summed E-state index contributed by atoms with van der Waals surface area (Å²) in [6, 6.07) is 10.5. The second-order valence-corrected chi connectivity index (χ2v) is 6.44. The Morgan fingerprint density at radius 1 is 1.25 bits per heavy atom. The molecule has 0 saturated heterocycles. The lowest BCUT2D eigenvalue weighted by Crippen LogP contribution is -2.17. The Hall–Kier alpha value is -1.86. The second-order valence-electron chi connectivity index (χ2n) is 4.67. The average molecular weight is 456 g/mol. The Kier molecular flexibility index (Phi) is 6.81. The summed E-state index contributed by atoms with van der Waals surface area (Å²) in [7, 11) is 1.57. The molecule has 2 rings (SSSR count). The van der Waals surface area contributed by atoms with E-state index in [0.717, 1.165) is 14.5 Å². The number of ether oxygens (including phenoxy) is 2. The van der Waals surface area contributed by atoms with Gasteiger partial charge in [-0.1, -0.05) is 15.9 Å². The van der Waals surface area contributed by atoms with E-state index < -0.39 is 0 Å². The molecular weight excluding hydrogens is 440 g/mol. The van der Waals surface area contributed by atoms with E-state index >= 15 is 0 Å². The van der Waals surface area contributed by atoms with Crippen molar-refractivity contribution in [3.63, 3.8) is 0 Å². The first-order valence-electron chi connectivity index (χ1n) is 7.14. The van der Waals surface area contributed by atoms with Gasteiger partial charge in [0.2, 0.25) is 0 Å². The van der Waals surface area contributed by atoms with Crippen molar-refractivity contribution >= 4 is 44.0 Å². The van der Waals surface area contributed by atoms with Crippen molar-refractivity contribution in [3.8, 4) is 11.5 Å². The van der Waals surface area contributed by atoms with Crippen LogP contribution >= 0.6 is 31.9 Å². The van der Waals surface area contributed by atoms with Gasteiger partial charge in [-0.3, -0.25) is 4.79 Å². The molecule has 2 aromatic carbocycles. The third-order valence-corrected chi connectivity index (χ3v) is 4.09. The summed E-state index contributed by atoms with van der Waals surface area (Å²) in [6.07, 6.45) is 1.54. The molecule has 0 aliphatic carbocycles. The Morgan fingerprint density at radius 3 is 2.58 bits per heavy atom. The van der Waals surface area contributed by atoms with Crippen molar-refractivity contribution in [3.05, 3.63) is 56.5 Å². The number of hydrogen-bond donors (Lipinski definition) is 1. The number of nitrogens with zero attached hydrogens (tertiary/aromatic N) is 1. The first kappa shape index (κ1) is 18.5. The Balaban J connectivity index is 2.11. The fraction of sp³-hybridized carbons (Fsp3) is 0.176. The lowest BCUT2D eigenvalue weighted by atomic mass is 10.2. The van der Waals surface area contributed by atoms with Crippen LogP contribution in [-0.2, 0) is 0 Å². The molecule has 24 heavy (non-hydrogen) atoms. The van der Waals surface area contributed by atoms with Crippen molar-refractivity contribution in [1.82, 2.24) is 5.43 Å². The standard InChI is InChI=1S/C17H16Br2N2O3/c1-3-24-16-12(8-13(18)9-15(16)19)10-20-21-17(22)11-4-6-14(23-2)7-5-11/h4-10H,3H2,1-2H3,(H,21,22)/b20-10-. The molecule has 0 bridgehead atoms. The third kappa shape index (κ3) is 4.82. The quantitative estimate of drug-likeness (QED) is 0.519. The van der Waals surface area contributed by atoms with Gasteiger partial charge in [0.1, 0.15) is 11.5 Å². The normalized spacial score (nSPS) is 10.7. The average Bonchev–Trinajstić information content (AvgIpc) is 2.57. The van der Waals surface area contributed by atoms with Crippen molar-refractivity contribution in [1.29, 1.82) is 0 Å². The lowest BCUT2D eigenvalue weighted by Gasteiger charge is -2.10. The molecule has 126 valence electrons. The first-order valence-corrected chi connectivity index (χ1v) is 8.73. The van der Waals surface area contributed by atoms with Gasteiger partial charge in [-0.2, -0.15) is 5.10 Å². The van der Waals surface area contributed by atoms with Crippen LogP contribution in [-0.4, -0.2) is 25.8 Å². The third-order valence-electron chi connectivity index (χ3n) is 3.05. The summed E-state index contributed by atoms with van der Waals surface area (Å²) in [4.78, 5) is 12.1. The topological polar surface area (TPSA) is 59.9 Å². The molecule has 0 aliphatic heterocycles. The van der Waals surface area contributed by atoms with E-state index in [9.17, 15) is 4.79 Å². The maximum Gasteiger partial charge on any atom is 0.271 e. The highest BCUT2D eigenvalue weighted by molar-refractivity contribution is 9.11. The minimum atomic E-state index is -0.305. The molecule has 1 amide bonds. The summed E-state index contributed by atoms with van der Waals surface area (Å²) in [5.74, 6) is 1.06. The van der Waals surface area contributed by atoms with Gasteiger partial charge in [0.05, 0.1) is 24.4 Å². The Bertz CT molecular complexity index is 746. The minimum Gasteiger partial charge on any atom is -0.497 e. The smallest absolute Gasteiger partial charge is 0.271 e. The van der Waals surface area contributed by atoms with Crippen LogP contribution in [0, 0.1) is 0 Å². The first-order chi connectivity index (χ1) is 11.5. The largest absolute Gasteiger partial charge is 0.497 e. The molecule has 0 unspecified atom stereocenters. The summed E-state index contributed by atoms with van der Waals surface area (Å²) in [5, 5.41) is 4.01. The monoisotopic (exact) mass is 454 g/mol. The molecule has 0 heterocycles. The number of rotatable bonds is 6. The number of benzene rings is 2. The van der Waals surface area contributed by atoms with Crippen LogP contribution < -0.4 is 14.9 Å². The van der Waals surface area contributed by atoms with Crippen molar-refractivity contribution < 1.29 is 14.3 Å². The van der Waals surface area contributed by atoms with Gasteiger partial charge in [-0.25, -0.2) is 5.43 Å². The molecule has 1 N–H and O–H groups in total. The van der Waals surface area contributed by atoms with Gasteiger partial charge in [0.15, 0.2) is 0 Å². The highest BCUT2D eigenvalue weighted by Gasteiger charge is 2.09. The molecule has 0 radical (unpaired) electrons. The van der Waals surface area contributed by atoms with Gasteiger partial charge in [-0.05, 0) is 59.3 Å². The zero-order valence-electron chi connectivity index (χ0n) is 13.2. The van der Waals surface area contributed by atoms with E-state index in [2.05, 4.69) is 42.4 Å². The molecular formula is C17H16Br2N2O3. The number of methoxy groups -OCH3 is 1. The summed E-state index contributed by atoms with van der Waals surface area (Å²) in [6.45, 7) is 2.43. The summed E-state index contributed by atoms with van der Waals surface area (Å²) < 4.78 is 12.4. The molecule has 2 aromatic rings. The molecule has 0 spiro atoms. The van der Waals surface area contributed by atoms with Crippen molar-refractivity contribution in [2.75, 3.05) is 13.7 Å². The number of amides is 1. The fourth-order valence-electron chi connectivity index (χ4n) is 1.94. The maximum atomic E-state index is 12.1. The molecule has 7 heteroatoms. The highest BCUT2D eigenvalue weighted by atomic mass is 79.9.